The van der Waals surface area contributed by atoms with Gasteiger partial charge in [-0.15, -0.1) is 0 Å². The Morgan fingerprint density at radius 2 is 2.12 bits per heavy atom. The van der Waals surface area contributed by atoms with E-state index in [1.165, 1.54) is 12.1 Å². The Morgan fingerprint density at radius 3 is 2.81 bits per heavy atom. The summed E-state index contributed by atoms with van der Waals surface area (Å²) in [5.41, 5.74) is 6.21. The molecule has 0 radical (unpaired) electrons. The van der Waals surface area contributed by atoms with E-state index in [0.717, 1.165) is 32.1 Å². The minimum Gasteiger partial charge on any atom is -0.326 e. The monoisotopic (exact) mass is 378 g/mol. The highest BCUT2D eigenvalue weighted by molar-refractivity contribution is 7.90. The summed E-state index contributed by atoms with van der Waals surface area (Å²) in [6.45, 7) is 2.55. The summed E-state index contributed by atoms with van der Waals surface area (Å²) in [4.78, 5) is 16.9. The quantitative estimate of drug-likeness (QED) is 0.743. The first-order chi connectivity index (χ1) is 12.3. The lowest BCUT2D eigenvalue weighted by atomic mass is 9.74. The Morgan fingerprint density at radius 1 is 1.31 bits per heavy atom. The molecule has 8 heteroatoms. The third-order valence-corrected chi connectivity index (χ3v) is 6.49. The number of aliphatic imine (C=N–C) groups is 1. The van der Waals surface area contributed by atoms with Crippen molar-refractivity contribution in [1.82, 2.24) is 4.72 Å². The molecule has 2 aliphatic rings. The number of amides is 1. The summed E-state index contributed by atoms with van der Waals surface area (Å²) in [6, 6.07) is 6.26. The van der Waals surface area contributed by atoms with Gasteiger partial charge in [0, 0.05) is 24.2 Å². The molecule has 2 unspecified atom stereocenters. The van der Waals surface area contributed by atoms with Crippen LogP contribution in [0.1, 0.15) is 45.4 Å². The second-order valence-electron chi connectivity index (χ2n) is 7.36. The van der Waals surface area contributed by atoms with Crippen molar-refractivity contribution in [3.05, 3.63) is 24.3 Å². The van der Waals surface area contributed by atoms with Gasteiger partial charge in [0.2, 0.25) is 5.91 Å². The number of nitrogens with two attached hydrogens (primary N) is 1. The summed E-state index contributed by atoms with van der Waals surface area (Å²) < 4.78 is 27.5. The molecule has 0 bridgehead atoms. The first kappa shape index (κ1) is 18.8. The average Bonchev–Trinajstić information content (AvgIpc) is 3.07. The smallest absolute Gasteiger partial charge is 0.262 e. The van der Waals surface area contributed by atoms with Crippen molar-refractivity contribution in [1.29, 1.82) is 0 Å². The van der Waals surface area contributed by atoms with Gasteiger partial charge >= 0.3 is 0 Å². The first-order valence-electron chi connectivity index (χ1n) is 9.04. The SMILES string of the molecule is CC1(N)CCCCC1C(=O)Nc1cccc(S(=O)(=O)NC2=NCCC2)c1. The Balaban J connectivity index is 1.73. The van der Waals surface area contributed by atoms with Gasteiger partial charge in [0.05, 0.1) is 10.8 Å². The number of benzene rings is 1. The number of carbonyl (C=O) groups excluding carboxylic acids is 1. The maximum absolute atomic E-state index is 12.6. The normalized spacial score (nSPS) is 26.2. The molecule has 1 fully saturated rings. The molecule has 4 N–H and O–H groups in total. The molecule has 3 rings (SSSR count). The van der Waals surface area contributed by atoms with E-state index in [-0.39, 0.29) is 16.7 Å². The van der Waals surface area contributed by atoms with E-state index >= 15 is 0 Å². The lowest BCUT2D eigenvalue weighted by Gasteiger charge is -2.37. The van der Waals surface area contributed by atoms with Crippen LogP contribution in [0.15, 0.2) is 34.2 Å². The zero-order valence-corrected chi connectivity index (χ0v) is 15.8. The third-order valence-electron chi connectivity index (χ3n) is 5.11. The molecule has 1 aliphatic carbocycles. The van der Waals surface area contributed by atoms with Crippen molar-refractivity contribution in [2.75, 3.05) is 11.9 Å². The van der Waals surface area contributed by atoms with Crippen molar-refractivity contribution in [2.45, 2.75) is 55.9 Å². The van der Waals surface area contributed by atoms with Crippen LogP contribution >= 0.6 is 0 Å². The summed E-state index contributed by atoms with van der Waals surface area (Å²) in [5.74, 6) is 0.0559. The van der Waals surface area contributed by atoms with E-state index in [0.29, 0.717) is 24.5 Å². The number of hydrogen-bond acceptors (Lipinski definition) is 5. The molecule has 1 aliphatic heterocycles. The predicted octanol–water partition coefficient (Wildman–Crippen LogP) is 2.00. The number of rotatable bonds is 4. The Labute approximate surface area is 154 Å². The summed E-state index contributed by atoms with van der Waals surface area (Å²) >= 11 is 0. The van der Waals surface area contributed by atoms with E-state index < -0.39 is 15.6 Å². The van der Waals surface area contributed by atoms with Gasteiger partial charge in [-0.25, -0.2) is 8.42 Å². The lowest BCUT2D eigenvalue weighted by Crippen LogP contribution is -2.51. The second kappa shape index (κ2) is 7.36. The molecule has 26 heavy (non-hydrogen) atoms. The first-order valence-corrected chi connectivity index (χ1v) is 10.5. The number of nitrogens with zero attached hydrogens (tertiary/aromatic N) is 1. The topological polar surface area (TPSA) is 114 Å². The van der Waals surface area contributed by atoms with Crippen LogP contribution in [0.5, 0.6) is 0 Å². The van der Waals surface area contributed by atoms with Crippen molar-refractivity contribution in [2.24, 2.45) is 16.6 Å². The van der Waals surface area contributed by atoms with Crippen LogP contribution in [-0.2, 0) is 14.8 Å². The van der Waals surface area contributed by atoms with E-state index in [1.807, 2.05) is 6.92 Å². The number of hydrogen-bond donors (Lipinski definition) is 3. The van der Waals surface area contributed by atoms with Crippen LogP contribution in [0.2, 0.25) is 0 Å². The van der Waals surface area contributed by atoms with Gasteiger partial charge in [-0.3, -0.25) is 14.5 Å². The fourth-order valence-corrected chi connectivity index (χ4v) is 4.73. The Bertz CT molecular complexity index is 817. The van der Waals surface area contributed by atoms with Crippen LogP contribution in [0.3, 0.4) is 0 Å². The van der Waals surface area contributed by atoms with Crippen molar-refractivity contribution in [3.63, 3.8) is 0 Å². The van der Waals surface area contributed by atoms with Gasteiger partial charge in [-0.05, 0) is 44.4 Å². The highest BCUT2D eigenvalue weighted by Crippen LogP contribution is 2.32. The molecule has 0 aromatic heterocycles. The summed E-state index contributed by atoms with van der Waals surface area (Å²) in [5, 5.41) is 2.83. The van der Waals surface area contributed by atoms with E-state index in [4.69, 9.17) is 5.73 Å². The lowest BCUT2D eigenvalue weighted by molar-refractivity contribution is -0.122. The molecule has 2 atom stereocenters. The zero-order chi connectivity index (χ0) is 18.8. The third kappa shape index (κ3) is 4.24. The van der Waals surface area contributed by atoms with Gasteiger partial charge in [0.1, 0.15) is 5.84 Å². The fraction of sp³-hybridized carbons (Fsp3) is 0.556. The largest absolute Gasteiger partial charge is 0.326 e. The maximum Gasteiger partial charge on any atom is 0.262 e. The Hall–Kier alpha value is -1.93. The van der Waals surface area contributed by atoms with Crippen LogP contribution in [0, 0.1) is 5.92 Å². The zero-order valence-electron chi connectivity index (χ0n) is 15.0. The molecule has 0 saturated heterocycles. The molecule has 1 aromatic rings. The van der Waals surface area contributed by atoms with Crippen LogP contribution in [-0.4, -0.2) is 32.2 Å². The fourth-order valence-electron chi connectivity index (χ4n) is 3.60. The maximum atomic E-state index is 12.6. The number of anilines is 1. The summed E-state index contributed by atoms with van der Waals surface area (Å²) in [6.07, 6.45) is 5.05. The van der Waals surface area contributed by atoms with Crippen LogP contribution in [0.25, 0.3) is 0 Å². The molecular formula is C18H26N4O3S. The van der Waals surface area contributed by atoms with E-state index in [1.54, 1.807) is 12.1 Å². The molecular weight excluding hydrogens is 352 g/mol. The van der Waals surface area contributed by atoms with Gasteiger partial charge in [0.15, 0.2) is 0 Å². The number of carbonyl (C=O) groups is 1. The highest BCUT2D eigenvalue weighted by atomic mass is 32.2. The van der Waals surface area contributed by atoms with Gasteiger partial charge in [-0.2, -0.15) is 0 Å². The van der Waals surface area contributed by atoms with E-state index in [2.05, 4.69) is 15.0 Å². The number of nitrogens with one attached hydrogen (secondary N) is 2. The Kier molecular flexibility index (Phi) is 5.34. The number of amidine groups is 1. The molecule has 1 amide bonds. The molecule has 1 saturated carbocycles. The molecule has 7 nitrogen and oxygen atoms in total. The van der Waals surface area contributed by atoms with E-state index in [9.17, 15) is 13.2 Å². The average molecular weight is 378 g/mol. The van der Waals surface area contributed by atoms with Gasteiger partial charge in [0.25, 0.3) is 10.0 Å². The van der Waals surface area contributed by atoms with Gasteiger partial charge in [-0.1, -0.05) is 18.9 Å². The standard InChI is InChI=1S/C18H26N4O3S/c1-18(19)10-3-2-8-15(18)17(23)21-13-6-4-7-14(12-13)26(24,25)22-16-9-5-11-20-16/h4,6-7,12,15H,2-3,5,8-11,19H2,1H3,(H,20,22)(H,21,23). The minimum atomic E-state index is -3.71. The number of sulfonamides is 1. The van der Waals surface area contributed by atoms with Crippen molar-refractivity contribution < 1.29 is 13.2 Å². The minimum absolute atomic E-state index is 0.101. The van der Waals surface area contributed by atoms with Gasteiger partial charge < -0.3 is 11.1 Å². The second-order valence-corrected chi connectivity index (χ2v) is 9.04. The van der Waals surface area contributed by atoms with Crippen LogP contribution in [0.4, 0.5) is 5.69 Å². The summed E-state index contributed by atoms with van der Waals surface area (Å²) in [7, 11) is -3.71. The predicted molar refractivity (Wildman–Crippen MR) is 101 cm³/mol. The molecule has 0 spiro atoms. The van der Waals surface area contributed by atoms with Crippen molar-refractivity contribution in [3.8, 4) is 0 Å². The molecule has 1 aromatic carbocycles. The van der Waals surface area contributed by atoms with Crippen LogP contribution < -0.4 is 15.8 Å². The highest BCUT2D eigenvalue weighted by Gasteiger charge is 2.37. The molecule has 142 valence electrons. The van der Waals surface area contributed by atoms with Crippen molar-refractivity contribution >= 4 is 27.5 Å². The molecule has 1 heterocycles.